The van der Waals surface area contributed by atoms with Gasteiger partial charge < -0.3 is 5.32 Å². The van der Waals surface area contributed by atoms with Crippen molar-refractivity contribution in [3.05, 3.63) is 71.5 Å². The molecule has 1 amide bonds. The first kappa shape index (κ1) is 19.0. The lowest BCUT2D eigenvalue weighted by Gasteiger charge is -2.17. The maximum atomic E-state index is 13.2. The van der Waals surface area contributed by atoms with Crippen LogP contribution in [0, 0.1) is 11.7 Å². The van der Waals surface area contributed by atoms with Crippen LogP contribution in [0.5, 0.6) is 0 Å². The van der Waals surface area contributed by atoms with Crippen molar-refractivity contribution in [2.75, 3.05) is 11.9 Å². The highest BCUT2D eigenvalue weighted by molar-refractivity contribution is 8.00. The third-order valence-corrected chi connectivity index (χ3v) is 6.43. The summed E-state index contributed by atoms with van der Waals surface area (Å²) < 4.78 is 14.0. The Kier molecular flexibility index (Phi) is 5.96. The molecule has 6 nitrogen and oxygen atoms in total. The maximum Gasteiger partial charge on any atom is 0.232 e. The van der Waals surface area contributed by atoms with Crippen molar-refractivity contribution in [1.29, 1.82) is 0 Å². The van der Waals surface area contributed by atoms with Crippen molar-refractivity contribution < 1.29 is 9.18 Å². The molecule has 144 valence electrons. The predicted molar refractivity (Wildman–Crippen MR) is 108 cm³/mol. The number of anilines is 1. The number of rotatable bonds is 6. The highest BCUT2D eigenvalue weighted by Gasteiger charge is 2.34. The molecule has 0 spiro atoms. The summed E-state index contributed by atoms with van der Waals surface area (Å²) in [7, 11) is 0. The summed E-state index contributed by atoms with van der Waals surface area (Å²) in [6.45, 7) is 0.474. The molecule has 2 unspecified atom stereocenters. The van der Waals surface area contributed by atoms with E-state index in [1.807, 2.05) is 18.2 Å². The smallest absolute Gasteiger partial charge is 0.232 e. The molecule has 2 aromatic carbocycles. The molecule has 1 aliphatic heterocycles. The highest BCUT2D eigenvalue weighted by atomic mass is 32.2. The van der Waals surface area contributed by atoms with Crippen LogP contribution in [0.25, 0.3) is 0 Å². The molecule has 1 fully saturated rings. The van der Waals surface area contributed by atoms with Crippen molar-refractivity contribution >= 4 is 34.1 Å². The summed E-state index contributed by atoms with van der Waals surface area (Å²) in [5.41, 5.74) is 8.14. The predicted octanol–water partition coefficient (Wildman–Crippen LogP) is 3.37. The van der Waals surface area contributed by atoms with E-state index in [1.165, 1.54) is 29.0 Å². The molecule has 3 N–H and O–H groups in total. The second kappa shape index (κ2) is 8.78. The van der Waals surface area contributed by atoms with Gasteiger partial charge in [-0.2, -0.15) is 0 Å². The molecule has 0 bridgehead atoms. The summed E-state index contributed by atoms with van der Waals surface area (Å²) in [5.74, 6) is 0.00876. The average molecular weight is 416 g/mol. The minimum absolute atomic E-state index is 0.150. The third kappa shape index (κ3) is 4.56. The first-order valence-electron chi connectivity index (χ1n) is 8.74. The molecule has 3 aromatic rings. The van der Waals surface area contributed by atoms with Crippen molar-refractivity contribution in [2.45, 2.75) is 16.1 Å². The minimum Gasteiger partial charge on any atom is -0.300 e. The van der Waals surface area contributed by atoms with Gasteiger partial charge in [0.05, 0.1) is 12.0 Å². The van der Waals surface area contributed by atoms with E-state index in [0.29, 0.717) is 11.7 Å². The normalized spacial score (nSPS) is 18.9. The minimum atomic E-state index is -0.338. The maximum absolute atomic E-state index is 13.2. The number of nitrogens with zero attached hydrogens (tertiary/aromatic N) is 2. The lowest BCUT2D eigenvalue weighted by Crippen LogP contribution is -2.29. The second-order valence-corrected chi connectivity index (χ2v) is 8.50. The van der Waals surface area contributed by atoms with Gasteiger partial charge in [-0.25, -0.2) is 9.82 Å². The van der Waals surface area contributed by atoms with Gasteiger partial charge in [0.15, 0.2) is 4.34 Å². The van der Waals surface area contributed by atoms with Crippen molar-refractivity contribution in [1.82, 2.24) is 21.0 Å². The van der Waals surface area contributed by atoms with E-state index in [-0.39, 0.29) is 23.7 Å². The summed E-state index contributed by atoms with van der Waals surface area (Å²) in [6, 6.07) is 16.0. The largest absolute Gasteiger partial charge is 0.300 e. The van der Waals surface area contributed by atoms with Gasteiger partial charge in [-0.15, -0.1) is 10.2 Å². The van der Waals surface area contributed by atoms with Crippen LogP contribution in [0.2, 0.25) is 0 Å². The Bertz CT molecular complexity index is 935. The molecule has 9 heteroatoms. The Morgan fingerprint density at radius 3 is 2.75 bits per heavy atom. The number of hydrogen-bond donors (Lipinski definition) is 3. The molecule has 2 atom stereocenters. The topological polar surface area (TPSA) is 78.9 Å². The van der Waals surface area contributed by atoms with Gasteiger partial charge in [0.1, 0.15) is 5.82 Å². The van der Waals surface area contributed by atoms with Crippen molar-refractivity contribution in [3.63, 3.8) is 0 Å². The molecular weight excluding hydrogens is 397 g/mol. The van der Waals surface area contributed by atoms with Gasteiger partial charge in [0.2, 0.25) is 11.0 Å². The fourth-order valence-corrected chi connectivity index (χ4v) is 4.67. The number of carbonyl (C=O) groups excluding carboxylic acids is 1. The molecule has 1 aromatic heterocycles. The summed E-state index contributed by atoms with van der Waals surface area (Å²) in [6.07, 6.45) is 0. The van der Waals surface area contributed by atoms with Crippen LogP contribution in [0.4, 0.5) is 9.52 Å². The molecule has 0 radical (unpaired) electrons. The Balaban J connectivity index is 1.36. The zero-order chi connectivity index (χ0) is 19.3. The van der Waals surface area contributed by atoms with Crippen molar-refractivity contribution in [3.8, 4) is 0 Å². The van der Waals surface area contributed by atoms with E-state index < -0.39 is 0 Å². The average Bonchev–Trinajstić information content (AvgIpc) is 3.37. The number of amides is 1. The number of thioether (sulfide) groups is 1. The van der Waals surface area contributed by atoms with Crippen LogP contribution in [-0.4, -0.2) is 22.6 Å². The van der Waals surface area contributed by atoms with Crippen LogP contribution in [0.3, 0.4) is 0 Å². The number of carbonyl (C=O) groups is 1. The fraction of sp³-hybridized carbons (Fsp3) is 0.211. The molecule has 0 saturated carbocycles. The van der Waals surface area contributed by atoms with E-state index in [9.17, 15) is 9.18 Å². The number of hydrogen-bond acceptors (Lipinski definition) is 7. The Labute approximate surface area is 169 Å². The molecule has 4 rings (SSSR count). The molecule has 2 heterocycles. The van der Waals surface area contributed by atoms with Gasteiger partial charge in [-0.3, -0.25) is 10.2 Å². The van der Waals surface area contributed by atoms with E-state index in [0.717, 1.165) is 15.7 Å². The number of benzene rings is 2. The summed E-state index contributed by atoms with van der Waals surface area (Å²) in [4.78, 5) is 12.7. The van der Waals surface area contributed by atoms with E-state index >= 15 is 0 Å². The lowest BCUT2D eigenvalue weighted by molar-refractivity contribution is -0.119. The molecule has 1 aliphatic rings. The van der Waals surface area contributed by atoms with Gasteiger partial charge in [-0.1, -0.05) is 65.6 Å². The van der Waals surface area contributed by atoms with Crippen LogP contribution < -0.4 is 16.2 Å². The van der Waals surface area contributed by atoms with E-state index in [1.54, 1.807) is 23.9 Å². The highest BCUT2D eigenvalue weighted by Crippen LogP contribution is 2.30. The van der Waals surface area contributed by atoms with Gasteiger partial charge in [0.25, 0.3) is 0 Å². The summed E-state index contributed by atoms with van der Waals surface area (Å²) in [5, 5.41) is 11.5. The molecule has 28 heavy (non-hydrogen) atoms. The first-order valence-corrected chi connectivity index (χ1v) is 10.5. The monoisotopic (exact) mass is 415 g/mol. The molecule has 1 saturated heterocycles. The van der Waals surface area contributed by atoms with E-state index in [4.69, 9.17) is 0 Å². The standard InChI is InChI=1S/C19H18FN5OS2/c20-14-8-6-13(7-9-14)16-15(10-21-23-16)17(26)22-18-24-25-19(28-18)27-11-12-4-2-1-3-5-12/h1-9,15-16,21,23H,10-11H2,(H,22,24,26). The first-order chi connectivity index (χ1) is 13.7. The Hall–Kier alpha value is -2.33. The number of nitrogens with one attached hydrogen (secondary N) is 3. The number of hydrazine groups is 1. The van der Waals surface area contributed by atoms with Gasteiger partial charge >= 0.3 is 0 Å². The molecular formula is C19H18FN5OS2. The van der Waals surface area contributed by atoms with Crippen LogP contribution in [0.1, 0.15) is 17.2 Å². The van der Waals surface area contributed by atoms with E-state index in [2.05, 4.69) is 38.5 Å². The summed E-state index contributed by atoms with van der Waals surface area (Å²) >= 11 is 2.94. The Morgan fingerprint density at radius 1 is 1.18 bits per heavy atom. The van der Waals surface area contributed by atoms with Gasteiger partial charge in [-0.05, 0) is 23.3 Å². The van der Waals surface area contributed by atoms with Crippen LogP contribution in [0.15, 0.2) is 58.9 Å². The second-order valence-electron chi connectivity index (χ2n) is 6.30. The zero-order valence-electron chi connectivity index (χ0n) is 14.8. The van der Waals surface area contributed by atoms with Gasteiger partial charge in [0, 0.05) is 12.3 Å². The fourth-order valence-electron chi connectivity index (χ4n) is 2.96. The third-order valence-electron chi connectivity index (χ3n) is 4.39. The van der Waals surface area contributed by atoms with Crippen LogP contribution in [-0.2, 0) is 10.5 Å². The van der Waals surface area contributed by atoms with Crippen molar-refractivity contribution in [2.24, 2.45) is 5.92 Å². The SMILES string of the molecule is O=C(Nc1nnc(SCc2ccccc2)s1)C1CNNC1c1ccc(F)cc1. The Morgan fingerprint density at radius 2 is 1.96 bits per heavy atom. The number of aromatic nitrogens is 2. The zero-order valence-corrected chi connectivity index (χ0v) is 16.4. The van der Waals surface area contributed by atoms with Crippen LogP contribution >= 0.6 is 23.1 Å². The molecule has 0 aliphatic carbocycles. The number of halogens is 1. The lowest BCUT2D eigenvalue weighted by atomic mass is 9.94. The quantitative estimate of drug-likeness (QED) is 0.423.